The molecule has 2 fully saturated rings. The molecule has 0 spiro atoms. The maximum Gasteiger partial charge on any atom is 0.0193 e. The molecule has 2 nitrogen and oxygen atoms in total. The van der Waals surface area contributed by atoms with E-state index in [1.807, 2.05) is 0 Å². The lowest BCUT2D eigenvalue weighted by Crippen LogP contribution is -2.44. The number of nitrogens with one attached hydrogen (secondary N) is 2. The van der Waals surface area contributed by atoms with E-state index in [0.717, 1.165) is 12.0 Å². The third-order valence-corrected chi connectivity index (χ3v) is 4.38. The Kier molecular flexibility index (Phi) is 4.61. The largest absolute Gasteiger partial charge is 0.315 e. The van der Waals surface area contributed by atoms with E-state index in [0.29, 0.717) is 0 Å². The topological polar surface area (TPSA) is 24.1 Å². The van der Waals surface area contributed by atoms with Gasteiger partial charge in [-0.1, -0.05) is 0 Å². The minimum atomic E-state index is 0.748. The first-order valence-electron chi connectivity index (χ1n) is 5.97. The van der Waals surface area contributed by atoms with Crippen molar-refractivity contribution in [1.82, 2.24) is 10.6 Å². The fraction of sp³-hybridized carbons (Fsp3) is 1.00. The fourth-order valence-electron chi connectivity index (χ4n) is 2.31. The van der Waals surface area contributed by atoms with Gasteiger partial charge in [0.15, 0.2) is 0 Å². The predicted octanol–water partition coefficient (Wildman–Crippen LogP) is 1.47. The summed E-state index contributed by atoms with van der Waals surface area (Å²) in [6, 6.07) is 0.748. The molecule has 0 radical (unpaired) electrons. The highest BCUT2D eigenvalue weighted by atomic mass is 32.2. The number of hydrogen-bond acceptors (Lipinski definition) is 3. The zero-order valence-electron chi connectivity index (χ0n) is 8.93. The molecule has 1 atom stereocenters. The Hall–Kier alpha value is 0.270. The van der Waals surface area contributed by atoms with Gasteiger partial charge in [0.05, 0.1) is 0 Å². The van der Waals surface area contributed by atoms with Gasteiger partial charge in [0.1, 0.15) is 0 Å². The third kappa shape index (κ3) is 3.44. The molecule has 0 amide bonds. The summed E-state index contributed by atoms with van der Waals surface area (Å²) >= 11 is 2.12. The summed E-state index contributed by atoms with van der Waals surface area (Å²) in [6.07, 6.45) is 5.57. The SMILES string of the molecule is C1CNCC(NCC2CCSCC2)C1. The van der Waals surface area contributed by atoms with Crippen molar-refractivity contribution in [3.8, 4) is 0 Å². The van der Waals surface area contributed by atoms with E-state index in [-0.39, 0.29) is 0 Å². The first kappa shape index (κ1) is 10.8. The molecule has 2 aliphatic rings. The van der Waals surface area contributed by atoms with Gasteiger partial charge in [0.2, 0.25) is 0 Å². The average Bonchev–Trinajstić information content (AvgIpc) is 2.29. The lowest BCUT2D eigenvalue weighted by Gasteiger charge is -2.28. The standard InChI is InChI=1S/C11H22N2S/c1-2-11(9-12-5-1)13-8-10-3-6-14-7-4-10/h10-13H,1-9H2. The van der Waals surface area contributed by atoms with E-state index in [2.05, 4.69) is 22.4 Å². The molecule has 2 aliphatic heterocycles. The van der Waals surface area contributed by atoms with Crippen LogP contribution >= 0.6 is 11.8 Å². The monoisotopic (exact) mass is 214 g/mol. The van der Waals surface area contributed by atoms with Crippen LogP contribution in [0.5, 0.6) is 0 Å². The lowest BCUT2D eigenvalue weighted by atomic mass is 10.0. The van der Waals surface area contributed by atoms with Crippen molar-refractivity contribution in [3.05, 3.63) is 0 Å². The van der Waals surface area contributed by atoms with Gasteiger partial charge in [0.25, 0.3) is 0 Å². The Bertz CT molecular complexity index is 133. The quantitative estimate of drug-likeness (QED) is 0.744. The van der Waals surface area contributed by atoms with Crippen LogP contribution in [0.4, 0.5) is 0 Å². The van der Waals surface area contributed by atoms with Gasteiger partial charge in [-0.2, -0.15) is 11.8 Å². The molecule has 1 unspecified atom stereocenters. The molecule has 0 aromatic carbocycles. The Morgan fingerprint density at radius 1 is 1.21 bits per heavy atom. The Labute approximate surface area is 91.6 Å². The molecule has 2 heterocycles. The van der Waals surface area contributed by atoms with E-state index in [4.69, 9.17) is 0 Å². The molecule has 0 aromatic rings. The highest BCUT2D eigenvalue weighted by Crippen LogP contribution is 2.22. The Balaban J connectivity index is 1.60. The van der Waals surface area contributed by atoms with Crippen molar-refractivity contribution < 1.29 is 0 Å². The molecular formula is C11H22N2S. The summed E-state index contributed by atoms with van der Waals surface area (Å²) in [5.74, 6) is 3.73. The maximum atomic E-state index is 3.72. The van der Waals surface area contributed by atoms with E-state index in [9.17, 15) is 0 Å². The molecule has 0 bridgehead atoms. The number of rotatable bonds is 3. The second-order valence-electron chi connectivity index (χ2n) is 4.51. The van der Waals surface area contributed by atoms with Gasteiger partial charge in [-0.25, -0.2) is 0 Å². The van der Waals surface area contributed by atoms with Crippen molar-refractivity contribution in [2.24, 2.45) is 5.92 Å². The molecule has 14 heavy (non-hydrogen) atoms. The van der Waals surface area contributed by atoms with Crippen molar-refractivity contribution in [2.75, 3.05) is 31.1 Å². The van der Waals surface area contributed by atoms with Crippen LogP contribution in [0, 0.1) is 5.92 Å². The first-order chi connectivity index (χ1) is 6.95. The van der Waals surface area contributed by atoms with Crippen LogP contribution in [0.3, 0.4) is 0 Å². The summed E-state index contributed by atoms with van der Waals surface area (Å²) in [4.78, 5) is 0. The molecule has 0 saturated carbocycles. The fourth-order valence-corrected chi connectivity index (χ4v) is 3.51. The lowest BCUT2D eigenvalue weighted by molar-refractivity contribution is 0.351. The third-order valence-electron chi connectivity index (χ3n) is 3.33. The molecule has 0 aliphatic carbocycles. The summed E-state index contributed by atoms with van der Waals surface area (Å²) in [6.45, 7) is 3.66. The molecule has 3 heteroatoms. The number of hydrogen-bond donors (Lipinski definition) is 2. The summed E-state index contributed by atoms with van der Waals surface area (Å²) < 4.78 is 0. The van der Waals surface area contributed by atoms with Crippen LogP contribution in [-0.4, -0.2) is 37.2 Å². The van der Waals surface area contributed by atoms with Gasteiger partial charge >= 0.3 is 0 Å². The van der Waals surface area contributed by atoms with Crippen LogP contribution in [0.25, 0.3) is 0 Å². The van der Waals surface area contributed by atoms with Crippen LogP contribution in [0.1, 0.15) is 25.7 Å². The van der Waals surface area contributed by atoms with Crippen LogP contribution in [-0.2, 0) is 0 Å². The summed E-state index contributed by atoms with van der Waals surface area (Å²) in [7, 11) is 0. The maximum absolute atomic E-state index is 3.72. The Morgan fingerprint density at radius 2 is 2.07 bits per heavy atom. The van der Waals surface area contributed by atoms with Gasteiger partial charge in [-0.05, 0) is 56.2 Å². The van der Waals surface area contributed by atoms with Crippen molar-refractivity contribution >= 4 is 11.8 Å². The minimum absolute atomic E-state index is 0.748. The minimum Gasteiger partial charge on any atom is -0.315 e. The average molecular weight is 214 g/mol. The van der Waals surface area contributed by atoms with E-state index >= 15 is 0 Å². The smallest absolute Gasteiger partial charge is 0.0193 e. The van der Waals surface area contributed by atoms with Gasteiger partial charge in [0, 0.05) is 12.6 Å². The molecule has 82 valence electrons. The van der Waals surface area contributed by atoms with E-state index in [1.165, 1.54) is 56.8 Å². The van der Waals surface area contributed by atoms with Gasteiger partial charge in [-0.15, -0.1) is 0 Å². The number of piperidine rings is 1. The van der Waals surface area contributed by atoms with Crippen LogP contribution in [0.2, 0.25) is 0 Å². The second kappa shape index (κ2) is 5.99. The number of thioether (sulfide) groups is 1. The second-order valence-corrected chi connectivity index (χ2v) is 5.73. The molecule has 0 aromatic heterocycles. The van der Waals surface area contributed by atoms with E-state index < -0.39 is 0 Å². The predicted molar refractivity (Wildman–Crippen MR) is 63.9 cm³/mol. The molecule has 2 rings (SSSR count). The highest BCUT2D eigenvalue weighted by molar-refractivity contribution is 7.99. The molecule has 2 saturated heterocycles. The summed E-state index contributed by atoms with van der Waals surface area (Å²) in [5, 5.41) is 7.18. The zero-order chi connectivity index (χ0) is 9.64. The van der Waals surface area contributed by atoms with E-state index in [1.54, 1.807) is 0 Å². The van der Waals surface area contributed by atoms with Crippen LogP contribution < -0.4 is 10.6 Å². The van der Waals surface area contributed by atoms with Crippen molar-refractivity contribution in [3.63, 3.8) is 0 Å². The first-order valence-corrected chi connectivity index (χ1v) is 7.12. The van der Waals surface area contributed by atoms with Crippen molar-refractivity contribution in [1.29, 1.82) is 0 Å². The summed E-state index contributed by atoms with van der Waals surface area (Å²) in [5.41, 5.74) is 0. The normalized spacial score (nSPS) is 30.4. The van der Waals surface area contributed by atoms with Gasteiger partial charge < -0.3 is 10.6 Å². The highest BCUT2D eigenvalue weighted by Gasteiger charge is 2.16. The zero-order valence-corrected chi connectivity index (χ0v) is 9.74. The molecule has 2 N–H and O–H groups in total. The van der Waals surface area contributed by atoms with Gasteiger partial charge in [-0.3, -0.25) is 0 Å². The van der Waals surface area contributed by atoms with Crippen molar-refractivity contribution in [2.45, 2.75) is 31.7 Å². The van der Waals surface area contributed by atoms with Crippen LogP contribution in [0.15, 0.2) is 0 Å². The molecular weight excluding hydrogens is 192 g/mol. The Morgan fingerprint density at radius 3 is 2.79 bits per heavy atom.